The standard InChI is InChI=1S/C10H12FNO/c1-7-2-3-8(5-10(7)11)4-9(12)6-13/h2-3,5-6,9H,4,12H2,1H3/t9-/m0/s1. The largest absolute Gasteiger partial charge is 0.321 e. The lowest BCUT2D eigenvalue weighted by molar-refractivity contribution is -0.108. The maximum absolute atomic E-state index is 13.0. The van der Waals surface area contributed by atoms with E-state index in [0.29, 0.717) is 18.3 Å². The summed E-state index contributed by atoms with van der Waals surface area (Å²) in [6.45, 7) is 1.69. The van der Waals surface area contributed by atoms with Crippen molar-refractivity contribution in [3.63, 3.8) is 0 Å². The Morgan fingerprint density at radius 2 is 2.31 bits per heavy atom. The van der Waals surface area contributed by atoms with E-state index in [1.165, 1.54) is 6.07 Å². The minimum Gasteiger partial charge on any atom is -0.321 e. The van der Waals surface area contributed by atoms with Crippen LogP contribution in [0.1, 0.15) is 11.1 Å². The Morgan fingerprint density at radius 3 is 2.85 bits per heavy atom. The number of aryl methyl sites for hydroxylation is 1. The number of aldehydes is 1. The van der Waals surface area contributed by atoms with Gasteiger partial charge in [0.2, 0.25) is 0 Å². The molecule has 0 aliphatic rings. The highest BCUT2D eigenvalue weighted by Gasteiger charge is 2.04. The zero-order chi connectivity index (χ0) is 9.84. The van der Waals surface area contributed by atoms with Gasteiger partial charge < -0.3 is 10.5 Å². The number of carbonyl (C=O) groups is 1. The lowest BCUT2D eigenvalue weighted by Crippen LogP contribution is -2.24. The average molecular weight is 181 g/mol. The Labute approximate surface area is 76.6 Å². The molecule has 3 heteroatoms. The fraction of sp³-hybridized carbons (Fsp3) is 0.300. The van der Waals surface area contributed by atoms with Gasteiger partial charge in [0.05, 0.1) is 6.04 Å². The van der Waals surface area contributed by atoms with Gasteiger partial charge in [0.1, 0.15) is 12.1 Å². The Hall–Kier alpha value is -1.22. The van der Waals surface area contributed by atoms with Crippen LogP contribution in [0.25, 0.3) is 0 Å². The van der Waals surface area contributed by atoms with Crippen molar-refractivity contribution in [1.29, 1.82) is 0 Å². The molecule has 1 rings (SSSR count). The molecule has 70 valence electrons. The van der Waals surface area contributed by atoms with E-state index in [1.807, 2.05) is 0 Å². The lowest BCUT2D eigenvalue weighted by Gasteiger charge is -2.04. The van der Waals surface area contributed by atoms with E-state index in [4.69, 9.17) is 5.73 Å². The van der Waals surface area contributed by atoms with E-state index in [2.05, 4.69) is 0 Å². The molecule has 1 aromatic carbocycles. The van der Waals surface area contributed by atoms with Crippen molar-refractivity contribution in [3.05, 3.63) is 35.1 Å². The minimum atomic E-state index is -0.540. The van der Waals surface area contributed by atoms with Crippen molar-refractivity contribution >= 4 is 6.29 Å². The van der Waals surface area contributed by atoms with Gasteiger partial charge in [0.25, 0.3) is 0 Å². The van der Waals surface area contributed by atoms with Gasteiger partial charge in [-0.2, -0.15) is 0 Å². The normalized spacial score (nSPS) is 12.5. The summed E-state index contributed by atoms with van der Waals surface area (Å²) in [7, 11) is 0. The first kappa shape index (κ1) is 9.86. The topological polar surface area (TPSA) is 43.1 Å². The highest BCUT2D eigenvalue weighted by atomic mass is 19.1. The number of benzene rings is 1. The molecule has 0 spiro atoms. The number of halogens is 1. The molecule has 0 bridgehead atoms. The highest BCUT2D eigenvalue weighted by molar-refractivity contribution is 5.57. The monoisotopic (exact) mass is 181 g/mol. The summed E-state index contributed by atoms with van der Waals surface area (Å²) < 4.78 is 13.0. The smallest absolute Gasteiger partial charge is 0.137 e. The second-order valence-electron chi connectivity index (χ2n) is 3.09. The molecule has 0 radical (unpaired) electrons. The van der Waals surface area contributed by atoms with Crippen LogP contribution < -0.4 is 5.73 Å². The molecule has 0 heterocycles. The first-order valence-corrected chi connectivity index (χ1v) is 4.09. The summed E-state index contributed by atoms with van der Waals surface area (Å²) in [6, 6.07) is 4.34. The van der Waals surface area contributed by atoms with E-state index < -0.39 is 6.04 Å². The maximum Gasteiger partial charge on any atom is 0.137 e. The zero-order valence-corrected chi connectivity index (χ0v) is 7.46. The molecule has 1 aromatic rings. The Kier molecular flexibility index (Phi) is 3.14. The quantitative estimate of drug-likeness (QED) is 0.712. The van der Waals surface area contributed by atoms with Crippen molar-refractivity contribution in [2.24, 2.45) is 5.73 Å². The molecule has 0 unspecified atom stereocenters. The molecule has 2 N–H and O–H groups in total. The summed E-state index contributed by atoms with van der Waals surface area (Å²) >= 11 is 0. The van der Waals surface area contributed by atoms with Crippen molar-refractivity contribution < 1.29 is 9.18 Å². The molecule has 0 aromatic heterocycles. The number of rotatable bonds is 3. The van der Waals surface area contributed by atoms with Crippen LogP contribution in [0.5, 0.6) is 0 Å². The van der Waals surface area contributed by atoms with Crippen molar-refractivity contribution in [1.82, 2.24) is 0 Å². The van der Waals surface area contributed by atoms with Crippen LogP contribution in [0.15, 0.2) is 18.2 Å². The summed E-state index contributed by atoms with van der Waals surface area (Å²) in [5.74, 6) is -0.254. The summed E-state index contributed by atoms with van der Waals surface area (Å²) in [5.41, 5.74) is 6.76. The van der Waals surface area contributed by atoms with Gasteiger partial charge in [-0.15, -0.1) is 0 Å². The number of nitrogens with two attached hydrogens (primary N) is 1. The fourth-order valence-electron chi connectivity index (χ4n) is 1.08. The molecular weight excluding hydrogens is 169 g/mol. The van der Waals surface area contributed by atoms with E-state index in [1.54, 1.807) is 19.1 Å². The van der Waals surface area contributed by atoms with Crippen molar-refractivity contribution in [2.45, 2.75) is 19.4 Å². The average Bonchev–Trinajstić information content (AvgIpc) is 2.11. The van der Waals surface area contributed by atoms with E-state index in [9.17, 15) is 9.18 Å². The molecule has 2 nitrogen and oxygen atoms in total. The van der Waals surface area contributed by atoms with Crippen LogP contribution in [-0.2, 0) is 11.2 Å². The summed E-state index contributed by atoms with van der Waals surface area (Å²) in [5, 5.41) is 0. The van der Waals surface area contributed by atoms with Crippen LogP contribution in [-0.4, -0.2) is 12.3 Å². The third-order valence-electron chi connectivity index (χ3n) is 1.88. The third kappa shape index (κ3) is 2.63. The first-order chi connectivity index (χ1) is 6.13. The van der Waals surface area contributed by atoms with Gasteiger partial charge in [-0.25, -0.2) is 4.39 Å². The SMILES string of the molecule is Cc1ccc(C[C@H](N)C=O)cc1F. The van der Waals surface area contributed by atoms with E-state index in [0.717, 1.165) is 5.56 Å². The molecule has 1 atom stereocenters. The maximum atomic E-state index is 13.0. The van der Waals surface area contributed by atoms with Crippen LogP contribution in [0, 0.1) is 12.7 Å². The highest BCUT2D eigenvalue weighted by Crippen LogP contribution is 2.09. The lowest BCUT2D eigenvalue weighted by atomic mass is 10.1. The van der Waals surface area contributed by atoms with Crippen LogP contribution in [0.3, 0.4) is 0 Å². The Morgan fingerprint density at radius 1 is 1.62 bits per heavy atom. The molecule has 0 aliphatic heterocycles. The van der Waals surface area contributed by atoms with Gasteiger partial charge in [-0.05, 0) is 30.5 Å². The molecule has 0 amide bonds. The second-order valence-corrected chi connectivity index (χ2v) is 3.09. The van der Waals surface area contributed by atoms with Crippen LogP contribution in [0.4, 0.5) is 4.39 Å². The number of carbonyl (C=O) groups excluding carboxylic acids is 1. The predicted octanol–water partition coefficient (Wildman–Crippen LogP) is 1.20. The molecule has 0 aliphatic carbocycles. The number of hydrogen-bond acceptors (Lipinski definition) is 2. The van der Waals surface area contributed by atoms with Gasteiger partial charge in [-0.1, -0.05) is 12.1 Å². The van der Waals surface area contributed by atoms with Crippen LogP contribution >= 0.6 is 0 Å². The first-order valence-electron chi connectivity index (χ1n) is 4.09. The van der Waals surface area contributed by atoms with Gasteiger partial charge in [-0.3, -0.25) is 0 Å². The Bertz CT molecular complexity index is 312. The van der Waals surface area contributed by atoms with E-state index >= 15 is 0 Å². The van der Waals surface area contributed by atoms with Crippen molar-refractivity contribution in [3.8, 4) is 0 Å². The Balaban J connectivity index is 2.79. The molecule has 13 heavy (non-hydrogen) atoms. The van der Waals surface area contributed by atoms with Gasteiger partial charge in [0, 0.05) is 0 Å². The number of hydrogen-bond donors (Lipinski definition) is 1. The second kappa shape index (κ2) is 4.14. The predicted molar refractivity (Wildman–Crippen MR) is 48.9 cm³/mol. The van der Waals surface area contributed by atoms with Gasteiger partial charge in [0.15, 0.2) is 0 Å². The molecule has 0 saturated carbocycles. The third-order valence-corrected chi connectivity index (χ3v) is 1.88. The summed E-state index contributed by atoms with van der Waals surface area (Å²) in [4.78, 5) is 10.2. The molecule has 0 saturated heterocycles. The van der Waals surface area contributed by atoms with Crippen LogP contribution in [0.2, 0.25) is 0 Å². The summed E-state index contributed by atoms with van der Waals surface area (Å²) in [6.07, 6.45) is 1.05. The van der Waals surface area contributed by atoms with Crippen molar-refractivity contribution in [2.75, 3.05) is 0 Å². The molecule has 0 fully saturated rings. The van der Waals surface area contributed by atoms with Gasteiger partial charge >= 0.3 is 0 Å². The minimum absolute atomic E-state index is 0.254. The molecular formula is C10H12FNO. The fourth-order valence-corrected chi connectivity index (χ4v) is 1.08. The van der Waals surface area contributed by atoms with E-state index in [-0.39, 0.29) is 5.82 Å². The zero-order valence-electron chi connectivity index (χ0n) is 7.46.